The van der Waals surface area contributed by atoms with Crippen molar-refractivity contribution in [1.82, 2.24) is 4.90 Å². The first-order chi connectivity index (χ1) is 10.7. The molecule has 0 bridgehead atoms. The molecule has 7 heteroatoms. The normalized spacial score (nSPS) is 17.2. The second-order valence-corrected chi connectivity index (χ2v) is 7.06. The molecule has 2 rings (SSSR count). The summed E-state index contributed by atoms with van der Waals surface area (Å²) >= 11 is 0. The molecule has 1 aliphatic rings. The summed E-state index contributed by atoms with van der Waals surface area (Å²) in [4.78, 5) is 14.1. The Hall–Kier alpha value is -1.40. The number of carbonyl (C=O) groups excluding carboxylic acids is 1. The van der Waals surface area contributed by atoms with E-state index in [1.54, 1.807) is 4.90 Å². The predicted octanol–water partition coefficient (Wildman–Crippen LogP) is 3.13. The van der Waals surface area contributed by atoms with Gasteiger partial charge in [0, 0.05) is 32.0 Å². The standard InChI is InChI=1S/C17H24F2N2O2.ClH/c1-17(2,3)15(20)16(22)21-8-6-12(7-9-21)23-14-5-4-11(18)10-13(14)19;/h4-5,10,12,15H,6-9,20H2,1-3H3;1H/t15-;/m1./s1. The van der Waals surface area contributed by atoms with Gasteiger partial charge in [-0.25, -0.2) is 8.78 Å². The summed E-state index contributed by atoms with van der Waals surface area (Å²) in [5, 5.41) is 0. The average molecular weight is 363 g/mol. The van der Waals surface area contributed by atoms with Crippen LogP contribution < -0.4 is 10.5 Å². The van der Waals surface area contributed by atoms with Crippen LogP contribution in [0.3, 0.4) is 0 Å². The smallest absolute Gasteiger partial charge is 0.240 e. The third kappa shape index (κ3) is 5.05. The molecule has 1 aromatic carbocycles. The van der Waals surface area contributed by atoms with E-state index < -0.39 is 17.7 Å². The number of carbonyl (C=O) groups is 1. The highest BCUT2D eigenvalue weighted by molar-refractivity contribution is 5.85. The van der Waals surface area contributed by atoms with Gasteiger partial charge in [-0.05, 0) is 17.5 Å². The summed E-state index contributed by atoms with van der Waals surface area (Å²) in [6, 6.07) is 2.71. The number of rotatable bonds is 3. The lowest BCUT2D eigenvalue weighted by Gasteiger charge is -2.36. The number of benzene rings is 1. The van der Waals surface area contributed by atoms with E-state index in [9.17, 15) is 13.6 Å². The molecule has 4 nitrogen and oxygen atoms in total. The molecule has 24 heavy (non-hydrogen) atoms. The fourth-order valence-electron chi connectivity index (χ4n) is 2.51. The van der Waals surface area contributed by atoms with E-state index in [0.29, 0.717) is 25.9 Å². The number of piperidine rings is 1. The van der Waals surface area contributed by atoms with Crippen LogP contribution in [0, 0.1) is 17.0 Å². The van der Waals surface area contributed by atoms with Crippen LogP contribution in [-0.2, 0) is 4.79 Å². The van der Waals surface area contributed by atoms with Gasteiger partial charge in [-0.15, -0.1) is 12.4 Å². The van der Waals surface area contributed by atoms with Crippen molar-refractivity contribution in [3.8, 4) is 5.75 Å². The van der Waals surface area contributed by atoms with Crippen LogP contribution in [0.1, 0.15) is 33.6 Å². The van der Waals surface area contributed by atoms with Gasteiger partial charge in [-0.2, -0.15) is 0 Å². The summed E-state index contributed by atoms with van der Waals surface area (Å²) in [6.07, 6.45) is 1.00. The van der Waals surface area contributed by atoms with E-state index in [-0.39, 0.29) is 35.6 Å². The maximum atomic E-state index is 13.6. The lowest BCUT2D eigenvalue weighted by molar-refractivity contribution is -0.136. The van der Waals surface area contributed by atoms with E-state index in [1.807, 2.05) is 20.8 Å². The zero-order valence-corrected chi connectivity index (χ0v) is 15.0. The molecule has 1 saturated heterocycles. The number of hydrogen-bond donors (Lipinski definition) is 1. The molecule has 1 fully saturated rings. The first-order valence-electron chi connectivity index (χ1n) is 7.84. The molecule has 2 N–H and O–H groups in total. The van der Waals surface area contributed by atoms with Crippen molar-refractivity contribution in [1.29, 1.82) is 0 Å². The van der Waals surface area contributed by atoms with E-state index in [4.69, 9.17) is 10.5 Å². The van der Waals surface area contributed by atoms with E-state index in [2.05, 4.69) is 0 Å². The third-order valence-electron chi connectivity index (χ3n) is 4.14. The molecule has 1 aliphatic heterocycles. The molecule has 0 aliphatic carbocycles. The van der Waals surface area contributed by atoms with Crippen molar-refractivity contribution < 1.29 is 18.3 Å². The number of likely N-dealkylation sites (tertiary alicyclic amines) is 1. The quantitative estimate of drug-likeness (QED) is 0.898. The molecular formula is C17H25ClF2N2O2. The highest BCUT2D eigenvalue weighted by atomic mass is 35.5. The lowest BCUT2D eigenvalue weighted by Crippen LogP contribution is -2.53. The fraction of sp³-hybridized carbons (Fsp3) is 0.588. The first-order valence-corrected chi connectivity index (χ1v) is 7.84. The average Bonchev–Trinajstić information content (AvgIpc) is 2.48. The SMILES string of the molecule is CC(C)(C)[C@H](N)C(=O)N1CCC(Oc2ccc(F)cc2F)CC1.Cl. The molecule has 1 amide bonds. The van der Waals surface area contributed by atoms with Crippen LogP contribution >= 0.6 is 12.4 Å². The van der Waals surface area contributed by atoms with Crippen molar-refractivity contribution in [3.05, 3.63) is 29.8 Å². The molecule has 0 saturated carbocycles. The Morgan fingerprint density at radius 1 is 1.29 bits per heavy atom. The monoisotopic (exact) mass is 362 g/mol. The fourth-order valence-corrected chi connectivity index (χ4v) is 2.51. The van der Waals surface area contributed by atoms with Crippen LogP contribution in [0.15, 0.2) is 18.2 Å². The Labute approximate surface area is 147 Å². The van der Waals surface area contributed by atoms with E-state index >= 15 is 0 Å². The zero-order chi connectivity index (χ0) is 17.2. The molecule has 1 atom stereocenters. The largest absolute Gasteiger partial charge is 0.487 e. The van der Waals surface area contributed by atoms with E-state index in [1.165, 1.54) is 12.1 Å². The summed E-state index contributed by atoms with van der Waals surface area (Å²) in [5.74, 6) is -1.36. The Kier molecular flexibility index (Phi) is 6.98. The predicted molar refractivity (Wildman–Crippen MR) is 91.3 cm³/mol. The zero-order valence-electron chi connectivity index (χ0n) is 14.2. The third-order valence-corrected chi connectivity index (χ3v) is 4.14. The Balaban J connectivity index is 0.00000288. The Morgan fingerprint density at radius 2 is 1.88 bits per heavy atom. The number of halogens is 3. The van der Waals surface area contributed by atoms with Crippen molar-refractivity contribution in [2.24, 2.45) is 11.1 Å². The van der Waals surface area contributed by atoms with Crippen LogP contribution in [0.4, 0.5) is 8.78 Å². The first kappa shape index (κ1) is 20.6. The van der Waals surface area contributed by atoms with Gasteiger partial charge >= 0.3 is 0 Å². The van der Waals surface area contributed by atoms with E-state index in [0.717, 1.165) is 6.07 Å². The topological polar surface area (TPSA) is 55.6 Å². The number of nitrogens with two attached hydrogens (primary N) is 1. The molecular weight excluding hydrogens is 338 g/mol. The summed E-state index contributed by atoms with van der Waals surface area (Å²) in [5.41, 5.74) is 5.72. The summed E-state index contributed by atoms with van der Waals surface area (Å²) in [6.45, 7) is 6.85. The van der Waals surface area contributed by atoms with Crippen LogP contribution in [0.25, 0.3) is 0 Å². The van der Waals surface area contributed by atoms with Crippen molar-refractivity contribution in [2.45, 2.75) is 45.8 Å². The summed E-state index contributed by atoms with van der Waals surface area (Å²) < 4.78 is 32.1. The lowest BCUT2D eigenvalue weighted by atomic mass is 9.86. The maximum absolute atomic E-state index is 13.6. The van der Waals surface area contributed by atoms with Gasteiger partial charge in [0.15, 0.2) is 11.6 Å². The van der Waals surface area contributed by atoms with Crippen LogP contribution in [0.2, 0.25) is 0 Å². The Morgan fingerprint density at radius 3 is 2.38 bits per heavy atom. The van der Waals surface area contributed by atoms with Gasteiger partial charge < -0.3 is 15.4 Å². The molecule has 0 aromatic heterocycles. The molecule has 1 heterocycles. The highest BCUT2D eigenvalue weighted by Gasteiger charge is 2.33. The summed E-state index contributed by atoms with van der Waals surface area (Å²) in [7, 11) is 0. The van der Waals surface area contributed by atoms with Crippen LogP contribution in [-0.4, -0.2) is 36.0 Å². The minimum Gasteiger partial charge on any atom is -0.487 e. The molecule has 0 unspecified atom stereocenters. The number of amides is 1. The van der Waals surface area contributed by atoms with Crippen molar-refractivity contribution >= 4 is 18.3 Å². The number of nitrogens with zero attached hydrogens (tertiary/aromatic N) is 1. The van der Waals surface area contributed by atoms with Gasteiger partial charge in [-0.3, -0.25) is 4.79 Å². The van der Waals surface area contributed by atoms with Crippen molar-refractivity contribution in [3.63, 3.8) is 0 Å². The second-order valence-electron chi connectivity index (χ2n) is 7.06. The minimum absolute atomic E-state index is 0. The van der Waals surface area contributed by atoms with Gasteiger partial charge in [0.05, 0.1) is 6.04 Å². The second kappa shape index (κ2) is 8.12. The molecule has 136 valence electrons. The molecule has 1 aromatic rings. The van der Waals surface area contributed by atoms with Crippen molar-refractivity contribution in [2.75, 3.05) is 13.1 Å². The Bertz CT molecular complexity index is 570. The van der Waals surface area contributed by atoms with Gasteiger partial charge in [0.1, 0.15) is 11.9 Å². The molecule has 0 radical (unpaired) electrons. The maximum Gasteiger partial charge on any atom is 0.240 e. The van der Waals surface area contributed by atoms with Gasteiger partial charge in [0.25, 0.3) is 0 Å². The van der Waals surface area contributed by atoms with Gasteiger partial charge in [0.2, 0.25) is 5.91 Å². The minimum atomic E-state index is -0.710. The molecule has 0 spiro atoms. The van der Waals surface area contributed by atoms with Gasteiger partial charge in [-0.1, -0.05) is 20.8 Å². The van der Waals surface area contributed by atoms with Crippen LogP contribution in [0.5, 0.6) is 5.75 Å². The highest BCUT2D eigenvalue weighted by Crippen LogP contribution is 2.24. The number of hydrogen-bond acceptors (Lipinski definition) is 3. The number of ether oxygens (including phenoxy) is 1.